The summed E-state index contributed by atoms with van der Waals surface area (Å²) in [7, 11) is 0.878. The minimum Gasteiger partial charge on any atom is -0.496 e. The first-order valence-corrected chi connectivity index (χ1v) is 9.62. The molecule has 1 unspecified atom stereocenters. The summed E-state index contributed by atoms with van der Waals surface area (Å²) in [5.74, 6) is -0.594. The van der Waals surface area contributed by atoms with E-state index in [1.54, 1.807) is 6.07 Å². The molecule has 0 saturated carbocycles. The molecular formula is C20H27BN2O6. The minimum absolute atomic E-state index is 0.143. The fraction of sp³-hybridized carbons (Fsp3) is 0.550. The maximum atomic E-state index is 13.0. The molecular weight excluding hydrogens is 375 g/mol. The molecule has 0 aliphatic carbocycles. The average molecular weight is 402 g/mol. The molecule has 0 spiro atoms. The summed E-state index contributed by atoms with van der Waals surface area (Å²) in [4.78, 5) is 37.1. The Morgan fingerprint density at radius 1 is 1.31 bits per heavy atom. The van der Waals surface area contributed by atoms with Crippen LogP contribution in [0.1, 0.15) is 56.5 Å². The van der Waals surface area contributed by atoms with Gasteiger partial charge < -0.3 is 29.5 Å². The van der Waals surface area contributed by atoms with Crippen molar-refractivity contribution in [2.24, 2.45) is 5.73 Å². The zero-order chi connectivity index (χ0) is 21.6. The van der Waals surface area contributed by atoms with E-state index in [4.69, 9.17) is 19.8 Å². The minimum atomic E-state index is -0.856. The normalized spacial score (nSPS) is 20.5. The van der Waals surface area contributed by atoms with Gasteiger partial charge in [-0.25, -0.2) is 0 Å². The Labute approximate surface area is 170 Å². The van der Waals surface area contributed by atoms with Crippen LogP contribution >= 0.6 is 0 Å². The second kappa shape index (κ2) is 7.46. The molecule has 1 aromatic rings. The van der Waals surface area contributed by atoms with Crippen LogP contribution in [0.4, 0.5) is 0 Å². The third-order valence-corrected chi connectivity index (χ3v) is 6.03. The maximum Gasteiger partial charge on any atom is 0.494 e. The molecule has 2 N–H and O–H groups in total. The number of primary amides is 1. The highest BCUT2D eigenvalue weighted by Gasteiger charge is 2.52. The van der Waals surface area contributed by atoms with Crippen molar-refractivity contribution in [2.75, 3.05) is 7.11 Å². The molecule has 1 aromatic carbocycles. The van der Waals surface area contributed by atoms with Crippen molar-refractivity contribution in [3.05, 3.63) is 23.3 Å². The zero-order valence-corrected chi connectivity index (χ0v) is 17.5. The number of carbonyl (C=O) groups is 3. The van der Waals surface area contributed by atoms with Crippen molar-refractivity contribution in [1.82, 2.24) is 4.90 Å². The van der Waals surface area contributed by atoms with Gasteiger partial charge in [0.2, 0.25) is 5.91 Å². The fourth-order valence-corrected chi connectivity index (χ4v) is 3.67. The van der Waals surface area contributed by atoms with Gasteiger partial charge in [0, 0.05) is 13.0 Å². The topological polar surface area (TPSA) is 108 Å². The first-order chi connectivity index (χ1) is 13.5. The fourth-order valence-electron chi connectivity index (χ4n) is 3.67. The van der Waals surface area contributed by atoms with E-state index < -0.39 is 30.3 Å². The van der Waals surface area contributed by atoms with Crippen LogP contribution in [0.25, 0.3) is 0 Å². The molecule has 156 valence electrons. The van der Waals surface area contributed by atoms with Crippen molar-refractivity contribution in [1.29, 1.82) is 0 Å². The number of fused-ring (bicyclic) bond motifs is 1. The number of ether oxygens (including phenoxy) is 1. The van der Waals surface area contributed by atoms with Crippen molar-refractivity contribution in [3.63, 3.8) is 0 Å². The van der Waals surface area contributed by atoms with Crippen LogP contribution in [0.3, 0.4) is 0 Å². The Hall–Kier alpha value is -2.39. The van der Waals surface area contributed by atoms with Gasteiger partial charge in [0.25, 0.3) is 5.91 Å². The number of benzene rings is 1. The quantitative estimate of drug-likeness (QED) is 0.534. The predicted molar refractivity (Wildman–Crippen MR) is 107 cm³/mol. The van der Waals surface area contributed by atoms with Gasteiger partial charge in [-0.3, -0.25) is 9.59 Å². The number of carbonyl (C=O) groups excluding carboxylic acids is 3. The van der Waals surface area contributed by atoms with Gasteiger partial charge >= 0.3 is 7.12 Å². The number of hydrogen-bond donors (Lipinski definition) is 1. The number of methoxy groups -OCH3 is 1. The maximum absolute atomic E-state index is 13.0. The lowest BCUT2D eigenvalue weighted by Gasteiger charge is -2.32. The lowest BCUT2D eigenvalue weighted by molar-refractivity contribution is -0.122. The predicted octanol–water partition coefficient (Wildman–Crippen LogP) is 0.783. The van der Waals surface area contributed by atoms with E-state index in [1.807, 2.05) is 33.8 Å². The summed E-state index contributed by atoms with van der Waals surface area (Å²) in [6.07, 6.45) is 1.04. The van der Waals surface area contributed by atoms with Crippen LogP contribution in [0.5, 0.6) is 5.75 Å². The number of rotatable bonds is 7. The van der Waals surface area contributed by atoms with Crippen molar-refractivity contribution in [2.45, 2.75) is 64.3 Å². The summed E-state index contributed by atoms with van der Waals surface area (Å²) in [5, 5.41) is 0. The van der Waals surface area contributed by atoms with Gasteiger partial charge in [0.15, 0.2) is 0 Å². The Kier molecular flexibility index (Phi) is 5.49. The first kappa shape index (κ1) is 21.3. The molecule has 2 amide bonds. The van der Waals surface area contributed by atoms with Crippen LogP contribution in [0, 0.1) is 0 Å². The van der Waals surface area contributed by atoms with Crippen LogP contribution in [-0.4, -0.2) is 54.5 Å². The molecule has 1 saturated heterocycles. The molecule has 1 atom stereocenters. The van der Waals surface area contributed by atoms with Gasteiger partial charge in [0.05, 0.1) is 23.9 Å². The molecule has 8 nitrogen and oxygen atoms in total. The van der Waals surface area contributed by atoms with E-state index in [0.29, 0.717) is 23.2 Å². The molecule has 9 heteroatoms. The Balaban J connectivity index is 1.95. The third-order valence-electron chi connectivity index (χ3n) is 6.03. The number of nitrogens with two attached hydrogens (primary N) is 1. The molecule has 2 aliphatic heterocycles. The zero-order valence-electron chi connectivity index (χ0n) is 17.5. The number of nitrogens with zero attached hydrogens (tertiary/aromatic N) is 1. The van der Waals surface area contributed by atoms with Crippen LogP contribution in [-0.2, 0) is 25.4 Å². The van der Waals surface area contributed by atoms with Gasteiger partial charge in [-0.2, -0.15) is 0 Å². The SMILES string of the molecule is COc1cc(B2OC(C)(C)C(C)(C)O2)cc2c1C(=O)N(C(CCC=O)C(N)=O)C2. The summed E-state index contributed by atoms with van der Waals surface area (Å²) in [6, 6.07) is 2.72. The molecule has 29 heavy (non-hydrogen) atoms. The molecule has 3 rings (SSSR count). The molecule has 2 aliphatic rings. The summed E-state index contributed by atoms with van der Waals surface area (Å²) < 4.78 is 17.7. The van der Waals surface area contributed by atoms with Crippen LogP contribution in [0.2, 0.25) is 0 Å². The summed E-state index contributed by atoms with van der Waals surface area (Å²) in [5.41, 5.74) is 6.32. The summed E-state index contributed by atoms with van der Waals surface area (Å²) >= 11 is 0. The van der Waals surface area contributed by atoms with Crippen molar-refractivity contribution >= 4 is 30.7 Å². The monoisotopic (exact) mass is 402 g/mol. The molecule has 1 fully saturated rings. The van der Waals surface area contributed by atoms with E-state index in [-0.39, 0.29) is 25.3 Å². The van der Waals surface area contributed by atoms with Crippen LogP contribution < -0.4 is 15.9 Å². The van der Waals surface area contributed by atoms with Gasteiger partial charge in [-0.05, 0) is 51.2 Å². The number of hydrogen-bond acceptors (Lipinski definition) is 6. The highest BCUT2D eigenvalue weighted by atomic mass is 16.7. The third kappa shape index (κ3) is 3.64. The van der Waals surface area contributed by atoms with Gasteiger partial charge in [-0.15, -0.1) is 0 Å². The second-order valence-corrected chi connectivity index (χ2v) is 8.44. The Morgan fingerprint density at radius 2 is 1.93 bits per heavy atom. The molecule has 0 radical (unpaired) electrons. The Morgan fingerprint density at radius 3 is 2.45 bits per heavy atom. The van der Waals surface area contributed by atoms with Gasteiger partial charge in [-0.1, -0.05) is 6.07 Å². The Bertz CT molecular complexity index is 838. The summed E-state index contributed by atoms with van der Waals surface area (Å²) in [6.45, 7) is 8.06. The standard InChI is InChI=1S/C20H27BN2O6/c1-19(2)20(3,4)29-21(28-19)13-9-12-11-23(14(17(22)25)7-6-8-24)18(26)16(12)15(10-13)27-5/h8-10,14H,6-7,11H2,1-5H3,(H2,22,25). The highest BCUT2D eigenvalue weighted by molar-refractivity contribution is 6.62. The lowest BCUT2D eigenvalue weighted by atomic mass is 9.77. The average Bonchev–Trinajstić information content (AvgIpc) is 3.07. The van der Waals surface area contributed by atoms with E-state index in [0.717, 1.165) is 5.46 Å². The van der Waals surface area contributed by atoms with Crippen molar-refractivity contribution in [3.8, 4) is 5.75 Å². The van der Waals surface area contributed by atoms with Gasteiger partial charge in [0.1, 0.15) is 18.1 Å². The van der Waals surface area contributed by atoms with Crippen molar-refractivity contribution < 1.29 is 28.4 Å². The first-order valence-electron chi connectivity index (χ1n) is 9.62. The van der Waals surface area contributed by atoms with Crippen LogP contribution in [0.15, 0.2) is 12.1 Å². The largest absolute Gasteiger partial charge is 0.496 e. The highest BCUT2D eigenvalue weighted by Crippen LogP contribution is 2.38. The molecule has 0 aromatic heterocycles. The second-order valence-electron chi connectivity index (χ2n) is 8.44. The van der Waals surface area contributed by atoms with E-state index in [2.05, 4.69) is 0 Å². The smallest absolute Gasteiger partial charge is 0.494 e. The lowest BCUT2D eigenvalue weighted by Crippen LogP contribution is -2.44. The van der Waals surface area contributed by atoms with E-state index in [9.17, 15) is 14.4 Å². The van der Waals surface area contributed by atoms with E-state index >= 15 is 0 Å². The number of amides is 2. The number of aldehydes is 1. The molecule has 2 heterocycles. The molecule has 0 bridgehead atoms. The van der Waals surface area contributed by atoms with E-state index in [1.165, 1.54) is 12.0 Å².